The summed E-state index contributed by atoms with van der Waals surface area (Å²) in [5.41, 5.74) is 3.73. The van der Waals surface area contributed by atoms with E-state index in [-0.39, 0.29) is 12.0 Å². The number of pyridine rings is 1. The predicted molar refractivity (Wildman–Crippen MR) is 148 cm³/mol. The average molecular weight is 554 g/mol. The number of H-pyrrole nitrogens is 1. The smallest absolute Gasteiger partial charge is 0.253 e. The predicted octanol–water partition coefficient (Wildman–Crippen LogP) is 6.06. The molecule has 1 fully saturated rings. The number of carbonyl (C=O) groups is 1. The van der Waals surface area contributed by atoms with Crippen LogP contribution in [0.2, 0.25) is 10.0 Å². The van der Waals surface area contributed by atoms with Gasteiger partial charge in [0, 0.05) is 66.7 Å². The van der Waals surface area contributed by atoms with Crippen LogP contribution in [0.4, 0.5) is 4.39 Å². The second-order valence-corrected chi connectivity index (χ2v) is 9.89. The Labute approximate surface area is 229 Å². The van der Waals surface area contributed by atoms with Crippen molar-refractivity contribution in [2.75, 3.05) is 26.2 Å². The number of aromatic amines is 1. The van der Waals surface area contributed by atoms with Gasteiger partial charge >= 0.3 is 0 Å². The Balaban J connectivity index is 1.30. The number of rotatable bonds is 7. The van der Waals surface area contributed by atoms with E-state index >= 15 is 4.39 Å². The van der Waals surface area contributed by atoms with Gasteiger partial charge in [-0.15, -0.1) is 0 Å². The maximum absolute atomic E-state index is 15.2. The maximum Gasteiger partial charge on any atom is 0.253 e. The molecule has 3 heterocycles. The summed E-state index contributed by atoms with van der Waals surface area (Å²) in [6, 6.07) is 12.2. The van der Waals surface area contributed by atoms with E-state index in [1.165, 1.54) is 18.5 Å². The Hall–Kier alpha value is -3.30. The minimum Gasteiger partial charge on any atom is -0.369 e. The third-order valence-electron chi connectivity index (χ3n) is 6.53. The molecule has 1 saturated heterocycles. The lowest BCUT2D eigenvalue weighted by Crippen LogP contribution is -2.46. The lowest BCUT2D eigenvalue weighted by atomic mass is 10.1. The van der Waals surface area contributed by atoms with Gasteiger partial charge in [-0.1, -0.05) is 41.4 Å². The van der Waals surface area contributed by atoms with Crippen molar-refractivity contribution in [2.45, 2.75) is 19.6 Å². The van der Waals surface area contributed by atoms with Crippen LogP contribution in [0.3, 0.4) is 0 Å². The number of benzene rings is 2. The first-order valence-corrected chi connectivity index (χ1v) is 13.0. The fourth-order valence-corrected chi connectivity index (χ4v) is 5.10. The number of carbonyl (C=O) groups excluding carboxylic acids is 1. The van der Waals surface area contributed by atoms with Crippen LogP contribution >= 0.6 is 23.2 Å². The molecule has 2 aromatic carbocycles. The van der Waals surface area contributed by atoms with E-state index in [1.54, 1.807) is 29.2 Å². The van der Waals surface area contributed by atoms with Gasteiger partial charge in [0.15, 0.2) is 0 Å². The van der Waals surface area contributed by atoms with Crippen molar-refractivity contribution in [3.05, 3.63) is 92.9 Å². The number of ether oxygens (including phenoxy) is 1. The minimum absolute atomic E-state index is 0.0421. The van der Waals surface area contributed by atoms with E-state index in [1.807, 2.05) is 25.1 Å². The standard InChI is InChI=1S/C28H26Cl2FN5O2/c1-17(27-22(29)14-33-15-23(27)30)38-16-18-2-7-25-21(12-18)26(35-34-25)13-24(31)19-3-5-20(6-4-19)28(37)36-10-8-32-9-11-36/h2-7,12-15,17,32H,8-11,16H2,1H3,(H,34,35)/b24-13-/t17-/m1/s1. The molecule has 5 rings (SSSR count). The van der Waals surface area contributed by atoms with E-state index in [0.717, 1.165) is 24.0 Å². The normalized spacial score (nSPS) is 15.2. The Morgan fingerprint density at radius 1 is 1.11 bits per heavy atom. The van der Waals surface area contributed by atoms with Crippen molar-refractivity contribution in [1.29, 1.82) is 0 Å². The van der Waals surface area contributed by atoms with Crippen LogP contribution in [0.15, 0.2) is 54.9 Å². The highest BCUT2D eigenvalue weighted by Crippen LogP contribution is 2.32. The second kappa shape index (κ2) is 11.6. The van der Waals surface area contributed by atoms with Crippen molar-refractivity contribution in [3.8, 4) is 0 Å². The van der Waals surface area contributed by atoms with Crippen LogP contribution in [0.25, 0.3) is 22.8 Å². The molecule has 196 valence electrons. The summed E-state index contributed by atoms with van der Waals surface area (Å²) in [5, 5.41) is 12.1. The zero-order valence-electron chi connectivity index (χ0n) is 20.7. The first-order chi connectivity index (χ1) is 18.4. The molecular formula is C28H26Cl2FN5O2. The van der Waals surface area contributed by atoms with Crippen molar-refractivity contribution in [2.24, 2.45) is 0 Å². The fourth-order valence-electron chi connectivity index (χ4n) is 4.42. The first kappa shape index (κ1) is 26.3. The van der Waals surface area contributed by atoms with Gasteiger partial charge in [0.25, 0.3) is 5.91 Å². The SMILES string of the molecule is C[C@@H](OCc1ccc2n[nH]c(/C=C(\F)c3ccc(C(=O)N4CCNCC4)cc3)c2c1)c1c(Cl)cncc1Cl. The molecular weight excluding hydrogens is 528 g/mol. The lowest BCUT2D eigenvalue weighted by Gasteiger charge is -2.27. The molecule has 0 spiro atoms. The molecule has 0 aliphatic carbocycles. The largest absolute Gasteiger partial charge is 0.369 e. The monoisotopic (exact) mass is 553 g/mol. The summed E-state index contributed by atoms with van der Waals surface area (Å²) in [4.78, 5) is 18.5. The Morgan fingerprint density at radius 2 is 1.79 bits per heavy atom. The lowest BCUT2D eigenvalue weighted by molar-refractivity contribution is 0.0527. The molecule has 1 atom stereocenters. The van der Waals surface area contributed by atoms with Crippen LogP contribution < -0.4 is 5.32 Å². The number of hydrogen-bond acceptors (Lipinski definition) is 5. The van der Waals surface area contributed by atoms with Crippen molar-refractivity contribution < 1.29 is 13.9 Å². The van der Waals surface area contributed by atoms with Crippen molar-refractivity contribution >= 4 is 51.9 Å². The molecule has 0 unspecified atom stereocenters. The van der Waals surface area contributed by atoms with E-state index < -0.39 is 5.83 Å². The zero-order chi connectivity index (χ0) is 26.6. The molecule has 0 radical (unpaired) electrons. The van der Waals surface area contributed by atoms with E-state index in [2.05, 4.69) is 20.5 Å². The molecule has 38 heavy (non-hydrogen) atoms. The summed E-state index contributed by atoms with van der Waals surface area (Å²) in [5.74, 6) is -0.478. The van der Waals surface area contributed by atoms with Gasteiger partial charge in [-0.05, 0) is 36.8 Å². The average Bonchev–Trinajstić information content (AvgIpc) is 3.33. The van der Waals surface area contributed by atoms with Gasteiger partial charge in [0.05, 0.1) is 34.0 Å². The van der Waals surface area contributed by atoms with Crippen LogP contribution in [-0.4, -0.2) is 52.2 Å². The first-order valence-electron chi connectivity index (χ1n) is 12.3. The molecule has 7 nitrogen and oxygen atoms in total. The van der Waals surface area contributed by atoms with E-state index in [4.69, 9.17) is 27.9 Å². The van der Waals surface area contributed by atoms with Crippen LogP contribution in [0, 0.1) is 0 Å². The van der Waals surface area contributed by atoms with E-state index in [0.29, 0.717) is 57.6 Å². The van der Waals surface area contributed by atoms with Gasteiger partial charge in [0.1, 0.15) is 5.83 Å². The number of hydrogen-bond donors (Lipinski definition) is 2. The molecule has 1 aliphatic heterocycles. The highest BCUT2D eigenvalue weighted by molar-refractivity contribution is 6.35. The minimum atomic E-state index is -0.436. The van der Waals surface area contributed by atoms with Gasteiger partial charge in [-0.25, -0.2) is 4.39 Å². The van der Waals surface area contributed by atoms with Gasteiger partial charge in [-0.2, -0.15) is 5.10 Å². The summed E-state index contributed by atoms with van der Waals surface area (Å²) in [7, 11) is 0. The zero-order valence-corrected chi connectivity index (χ0v) is 22.2. The molecule has 2 N–H and O–H groups in total. The second-order valence-electron chi connectivity index (χ2n) is 9.07. The number of piperazine rings is 1. The van der Waals surface area contributed by atoms with E-state index in [9.17, 15) is 4.79 Å². The number of aromatic nitrogens is 3. The van der Waals surface area contributed by atoms with Crippen LogP contribution in [-0.2, 0) is 11.3 Å². The quantitative estimate of drug-likeness (QED) is 0.291. The molecule has 4 aromatic rings. The third-order valence-corrected chi connectivity index (χ3v) is 7.13. The Morgan fingerprint density at radius 3 is 2.50 bits per heavy atom. The highest BCUT2D eigenvalue weighted by atomic mass is 35.5. The van der Waals surface area contributed by atoms with Gasteiger partial charge < -0.3 is 15.0 Å². The molecule has 0 saturated carbocycles. The summed E-state index contributed by atoms with van der Waals surface area (Å²) >= 11 is 12.5. The number of amides is 1. The molecule has 10 heteroatoms. The number of nitrogens with zero attached hydrogens (tertiary/aromatic N) is 3. The summed E-state index contributed by atoms with van der Waals surface area (Å²) < 4.78 is 21.2. The summed E-state index contributed by atoms with van der Waals surface area (Å²) in [6.07, 6.45) is 4.12. The Kier molecular flexibility index (Phi) is 8.04. The van der Waals surface area contributed by atoms with Crippen molar-refractivity contribution in [1.82, 2.24) is 25.4 Å². The van der Waals surface area contributed by atoms with Crippen LogP contribution in [0.1, 0.15) is 45.8 Å². The number of nitrogens with one attached hydrogen (secondary N) is 2. The van der Waals surface area contributed by atoms with Crippen LogP contribution in [0.5, 0.6) is 0 Å². The van der Waals surface area contributed by atoms with Crippen molar-refractivity contribution in [3.63, 3.8) is 0 Å². The summed E-state index contributed by atoms with van der Waals surface area (Å²) in [6.45, 7) is 5.05. The highest BCUT2D eigenvalue weighted by Gasteiger charge is 2.18. The molecule has 2 aromatic heterocycles. The number of halogens is 3. The Bertz CT molecular complexity index is 1460. The van der Waals surface area contributed by atoms with Gasteiger partial charge in [-0.3, -0.25) is 14.9 Å². The molecule has 1 aliphatic rings. The van der Waals surface area contributed by atoms with Gasteiger partial charge in [0.2, 0.25) is 0 Å². The maximum atomic E-state index is 15.2. The molecule has 0 bridgehead atoms. The third kappa shape index (κ3) is 5.73. The fraction of sp³-hybridized carbons (Fsp3) is 0.250. The molecule has 1 amide bonds. The topological polar surface area (TPSA) is 83.1 Å². The number of fused-ring (bicyclic) bond motifs is 1.